The molecular formula is C40H41ClF2N8O4. The summed E-state index contributed by atoms with van der Waals surface area (Å²) in [5, 5.41) is 12.0. The standard InChI is InChI=1S/C40H41ClF2N8O4/c1-39(2,3)23-40(29-13-10-26(11-14-29)28-19-45-49(20-28)36(42)43)35(52)50(37(48-40)47-38(53)55-21-25-8-6-5-7-9-25)33(22-54-4)27-12-17-32(41)31(18-27)34-44-24-46-51(34)30-15-16-30/h5-14,17-20,24,30,33,36H,15-16,21-23H2,1-4H3,(H,47,48,53)/t33-,40-/m1/s1. The third-order valence-electron chi connectivity index (χ3n) is 9.57. The molecule has 3 aromatic carbocycles. The van der Waals surface area contributed by atoms with E-state index in [9.17, 15) is 13.6 Å². The number of halogens is 3. The molecule has 7 rings (SSSR count). The Morgan fingerprint density at radius 2 is 1.80 bits per heavy atom. The van der Waals surface area contributed by atoms with Crippen molar-refractivity contribution in [2.75, 3.05) is 13.7 Å². The maximum Gasteiger partial charge on any atom is 0.437 e. The molecule has 2 aromatic heterocycles. The number of nitrogens with zero attached hydrogens (tertiary/aromatic N) is 7. The summed E-state index contributed by atoms with van der Waals surface area (Å²) >= 11 is 6.78. The van der Waals surface area contributed by atoms with E-state index < -0.39 is 29.6 Å². The maximum atomic E-state index is 15.4. The smallest absolute Gasteiger partial charge is 0.437 e. The minimum atomic E-state index is -2.78. The minimum Gasteiger partial charge on any atom is -0.443 e. The average molecular weight is 771 g/mol. The van der Waals surface area contributed by atoms with E-state index in [-0.39, 0.29) is 37.5 Å². The zero-order chi connectivity index (χ0) is 38.9. The number of nitrogens with one attached hydrogen (secondary N) is 1. The lowest BCUT2D eigenvalue weighted by atomic mass is 9.75. The number of carbonyl (C=O) groups is 2. The van der Waals surface area contributed by atoms with Crippen molar-refractivity contribution in [2.24, 2.45) is 10.4 Å². The summed E-state index contributed by atoms with van der Waals surface area (Å²) in [5.74, 6) is 0.209. The van der Waals surface area contributed by atoms with Crippen LogP contribution in [0.2, 0.25) is 5.02 Å². The summed E-state index contributed by atoms with van der Waals surface area (Å²) in [6, 6.07) is 21.1. The molecule has 2 aliphatic rings. The lowest BCUT2D eigenvalue weighted by Gasteiger charge is -2.35. The number of ether oxygens (including phenoxy) is 2. The summed E-state index contributed by atoms with van der Waals surface area (Å²) in [6.45, 7) is 3.26. The number of hydrogen-bond donors (Lipinski definition) is 1. The Kier molecular flexibility index (Phi) is 10.6. The fourth-order valence-corrected chi connectivity index (χ4v) is 7.20. The highest BCUT2D eigenvalue weighted by molar-refractivity contribution is 6.33. The molecule has 0 spiro atoms. The van der Waals surface area contributed by atoms with Gasteiger partial charge in [-0.1, -0.05) is 93.0 Å². The van der Waals surface area contributed by atoms with Crippen molar-refractivity contribution in [2.45, 2.75) is 70.8 Å². The highest BCUT2D eigenvalue weighted by Crippen LogP contribution is 2.44. The Labute approximate surface area is 322 Å². The van der Waals surface area contributed by atoms with Gasteiger partial charge in [0.05, 0.1) is 29.9 Å². The Balaban J connectivity index is 1.32. The van der Waals surface area contributed by atoms with Crippen molar-refractivity contribution >= 4 is 29.6 Å². The maximum absolute atomic E-state index is 15.4. The van der Waals surface area contributed by atoms with Crippen molar-refractivity contribution in [3.8, 4) is 22.5 Å². The lowest BCUT2D eigenvalue weighted by molar-refractivity contribution is -0.135. The van der Waals surface area contributed by atoms with E-state index in [0.29, 0.717) is 43.3 Å². The Morgan fingerprint density at radius 1 is 1.05 bits per heavy atom. The predicted octanol–water partition coefficient (Wildman–Crippen LogP) is 8.34. The Hall–Kier alpha value is -5.47. The van der Waals surface area contributed by atoms with Crippen LogP contribution < -0.4 is 5.32 Å². The fraction of sp³-hybridized carbons (Fsp3) is 0.350. The number of benzene rings is 3. The van der Waals surface area contributed by atoms with Gasteiger partial charge in [-0.2, -0.15) is 19.0 Å². The van der Waals surface area contributed by atoms with Crippen LogP contribution in [0.1, 0.15) is 75.4 Å². The first kappa shape index (κ1) is 37.8. The number of aliphatic imine (C=N–C) groups is 1. The highest BCUT2D eigenvalue weighted by Gasteiger charge is 2.55. The summed E-state index contributed by atoms with van der Waals surface area (Å²) in [6.07, 6.45) is 5.50. The van der Waals surface area contributed by atoms with Crippen LogP contribution in [-0.4, -0.2) is 61.1 Å². The van der Waals surface area contributed by atoms with Gasteiger partial charge in [-0.3, -0.25) is 9.69 Å². The highest BCUT2D eigenvalue weighted by atomic mass is 35.5. The van der Waals surface area contributed by atoms with Crippen molar-refractivity contribution in [3.05, 3.63) is 113 Å². The van der Waals surface area contributed by atoms with Crippen LogP contribution in [0.15, 0.2) is 96.5 Å². The quantitative estimate of drug-likeness (QED) is 0.134. The van der Waals surface area contributed by atoms with Crippen LogP contribution in [0.3, 0.4) is 0 Å². The first-order chi connectivity index (χ1) is 26.4. The molecule has 1 saturated heterocycles. The van der Waals surface area contributed by atoms with Crippen LogP contribution in [0, 0.1) is 5.41 Å². The topological polar surface area (TPSA) is 129 Å². The van der Waals surface area contributed by atoms with E-state index in [0.717, 1.165) is 18.4 Å². The van der Waals surface area contributed by atoms with E-state index in [4.69, 9.17) is 21.1 Å². The molecule has 286 valence electrons. The van der Waals surface area contributed by atoms with Crippen molar-refractivity contribution in [1.29, 1.82) is 0 Å². The van der Waals surface area contributed by atoms with Gasteiger partial charge in [-0.25, -0.2) is 19.1 Å². The monoisotopic (exact) mass is 770 g/mol. The molecule has 5 aromatic rings. The van der Waals surface area contributed by atoms with E-state index in [1.807, 2.05) is 67.9 Å². The zero-order valence-corrected chi connectivity index (χ0v) is 31.6. The second-order valence-electron chi connectivity index (χ2n) is 15.0. The van der Waals surface area contributed by atoms with Crippen LogP contribution in [-0.2, 0) is 26.4 Å². The SMILES string of the molecule is COC[C@H](c1ccc(Cl)c(-c2ncnn2C2CC2)c1)N1C(=O)[C@@](CC(C)(C)C)(c2ccc(-c3cnn(C(F)F)c3)cc2)N/C1=N\C(=O)OCc1ccccc1. The molecule has 0 unspecified atom stereocenters. The predicted molar refractivity (Wildman–Crippen MR) is 202 cm³/mol. The molecule has 55 heavy (non-hydrogen) atoms. The molecular weight excluding hydrogens is 730 g/mol. The van der Waals surface area contributed by atoms with Gasteiger partial charge in [0.1, 0.15) is 18.5 Å². The lowest BCUT2D eigenvalue weighted by Crippen LogP contribution is -2.47. The van der Waals surface area contributed by atoms with E-state index >= 15 is 4.79 Å². The van der Waals surface area contributed by atoms with Gasteiger partial charge >= 0.3 is 12.6 Å². The first-order valence-corrected chi connectivity index (χ1v) is 18.3. The number of amides is 2. The summed E-state index contributed by atoms with van der Waals surface area (Å²) < 4.78 is 40.4. The van der Waals surface area contributed by atoms with Gasteiger partial charge in [0.15, 0.2) is 5.82 Å². The average Bonchev–Trinajstić information content (AvgIpc) is 3.55. The van der Waals surface area contributed by atoms with Gasteiger partial charge in [-0.05, 0) is 59.1 Å². The largest absolute Gasteiger partial charge is 0.443 e. The van der Waals surface area contributed by atoms with Gasteiger partial charge < -0.3 is 14.8 Å². The van der Waals surface area contributed by atoms with E-state index in [2.05, 4.69) is 25.5 Å². The molecule has 1 aliphatic carbocycles. The van der Waals surface area contributed by atoms with Gasteiger partial charge in [0.2, 0.25) is 5.96 Å². The third kappa shape index (κ3) is 8.01. The van der Waals surface area contributed by atoms with Crippen LogP contribution in [0.5, 0.6) is 0 Å². The molecule has 2 fully saturated rings. The molecule has 2 amide bonds. The fourth-order valence-electron chi connectivity index (χ4n) is 7.00. The van der Waals surface area contributed by atoms with Crippen LogP contribution in [0.4, 0.5) is 13.6 Å². The molecule has 15 heteroatoms. The van der Waals surface area contributed by atoms with Gasteiger partial charge in [0.25, 0.3) is 5.91 Å². The normalized spacial score (nSPS) is 18.6. The number of rotatable bonds is 12. The number of carbonyl (C=O) groups excluding carboxylic acids is 2. The second-order valence-corrected chi connectivity index (χ2v) is 15.4. The zero-order valence-electron chi connectivity index (χ0n) is 30.8. The van der Waals surface area contributed by atoms with Gasteiger partial charge in [-0.15, -0.1) is 4.99 Å². The van der Waals surface area contributed by atoms with Crippen molar-refractivity contribution in [3.63, 3.8) is 0 Å². The number of guanidine groups is 1. The number of methoxy groups -OCH3 is 1. The Morgan fingerprint density at radius 3 is 2.45 bits per heavy atom. The molecule has 1 aliphatic heterocycles. The minimum absolute atomic E-state index is 0.0192. The molecule has 0 radical (unpaired) electrons. The van der Waals surface area contributed by atoms with Crippen molar-refractivity contribution < 1.29 is 27.8 Å². The summed E-state index contributed by atoms with van der Waals surface area (Å²) in [5.41, 5.74) is 1.92. The Bertz CT molecular complexity index is 2200. The van der Waals surface area contributed by atoms with Crippen LogP contribution in [0.25, 0.3) is 22.5 Å². The number of hydrogen-bond acceptors (Lipinski definition) is 7. The summed E-state index contributed by atoms with van der Waals surface area (Å²) in [7, 11) is 1.53. The second kappa shape index (κ2) is 15.3. The molecule has 3 heterocycles. The van der Waals surface area contributed by atoms with Crippen LogP contribution >= 0.6 is 11.6 Å². The first-order valence-electron chi connectivity index (χ1n) is 17.9. The van der Waals surface area contributed by atoms with E-state index in [1.165, 1.54) is 30.7 Å². The van der Waals surface area contributed by atoms with Crippen molar-refractivity contribution in [1.82, 2.24) is 34.8 Å². The third-order valence-corrected chi connectivity index (χ3v) is 9.90. The molecule has 2 atom stereocenters. The summed E-state index contributed by atoms with van der Waals surface area (Å²) in [4.78, 5) is 39.2. The molecule has 12 nitrogen and oxygen atoms in total. The number of alkyl halides is 2. The molecule has 1 saturated carbocycles. The van der Waals surface area contributed by atoms with Gasteiger partial charge in [0, 0.05) is 24.4 Å². The molecule has 0 bridgehead atoms. The number of aromatic nitrogens is 5. The molecule has 1 N–H and O–H groups in total. The van der Waals surface area contributed by atoms with E-state index in [1.54, 1.807) is 30.3 Å².